The van der Waals surface area contributed by atoms with Gasteiger partial charge in [-0.3, -0.25) is 0 Å². The number of methoxy groups -OCH3 is 1. The number of rotatable bonds is 4. The Kier molecular flexibility index (Phi) is 4.28. The smallest absolute Gasteiger partial charge is 0.119 e. The van der Waals surface area contributed by atoms with E-state index in [2.05, 4.69) is 34.1 Å². The molecule has 0 unspecified atom stereocenters. The number of fused-ring (bicyclic) bond motifs is 1. The molecule has 0 bridgehead atoms. The van der Waals surface area contributed by atoms with Gasteiger partial charge in [-0.1, -0.05) is 22.0 Å². The Bertz CT molecular complexity index is 349. The maximum absolute atomic E-state index is 5.29. The van der Waals surface area contributed by atoms with Crippen LogP contribution in [0.1, 0.15) is 42.7 Å². The predicted octanol–water partition coefficient (Wildman–Crippen LogP) is 4.29. The van der Waals surface area contributed by atoms with Crippen LogP contribution in [-0.4, -0.2) is 12.4 Å². The summed E-state index contributed by atoms with van der Waals surface area (Å²) in [5.41, 5.74) is 3.07. The first-order valence-corrected chi connectivity index (χ1v) is 7.20. The van der Waals surface area contributed by atoms with Crippen molar-refractivity contribution in [3.63, 3.8) is 0 Å². The van der Waals surface area contributed by atoms with E-state index in [1.807, 2.05) is 0 Å². The first-order chi connectivity index (χ1) is 7.85. The fraction of sp³-hybridized carbons (Fsp3) is 0.571. The third-order valence-electron chi connectivity index (χ3n) is 3.47. The van der Waals surface area contributed by atoms with Crippen LogP contribution in [0.25, 0.3) is 0 Å². The number of benzene rings is 1. The number of halogens is 1. The minimum atomic E-state index is 0.771. The molecule has 0 saturated carbocycles. The van der Waals surface area contributed by atoms with Gasteiger partial charge in [0.25, 0.3) is 0 Å². The molecule has 0 saturated heterocycles. The zero-order chi connectivity index (χ0) is 11.4. The summed E-state index contributed by atoms with van der Waals surface area (Å²) in [4.78, 5) is 0. The number of ether oxygens (including phenoxy) is 1. The molecule has 0 fully saturated rings. The Morgan fingerprint density at radius 3 is 3.06 bits per heavy atom. The lowest BCUT2D eigenvalue weighted by Gasteiger charge is -2.25. The maximum atomic E-state index is 5.29. The van der Waals surface area contributed by atoms with E-state index >= 15 is 0 Å². The minimum Gasteiger partial charge on any atom is -0.497 e. The van der Waals surface area contributed by atoms with Crippen molar-refractivity contribution in [3.8, 4) is 5.75 Å². The van der Waals surface area contributed by atoms with E-state index < -0.39 is 0 Å². The second kappa shape index (κ2) is 5.72. The molecule has 0 N–H and O–H groups in total. The SMILES string of the molecule is COc1ccc2c(c1)CCC[C@H]2CCCBr. The standard InChI is InChI=1S/C14H19BrO/c1-16-13-7-8-14-11(6-3-9-15)4-2-5-12(14)10-13/h7-8,10-11H,2-6,9H2,1H3/t11-/m0/s1. The monoisotopic (exact) mass is 282 g/mol. The highest BCUT2D eigenvalue weighted by molar-refractivity contribution is 9.09. The average molecular weight is 283 g/mol. The molecule has 88 valence electrons. The van der Waals surface area contributed by atoms with Gasteiger partial charge in [-0.05, 0) is 61.3 Å². The molecule has 0 radical (unpaired) electrons. The van der Waals surface area contributed by atoms with E-state index in [1.165, 1.54) is 37.7 Å². The molecule has 1 atom stereocenters. The van der Waals surface area contributed by atoms with E-state index in [-0.39, 0.29) is 0 Å². The van der Waals surface area contributed by atoms with Gasteiger partial charge in [0.2, 0.25) is 0 Å². The lowest BCUT2D eigenvalue weighted by atomic mass is 9.80. The molecule has 1 aromatic rings. The highest BCUT2D eigenvalue weighted by Crippen LogP contribution is 2.36. The quantitative estimate of drug-likeness (QED) is 0.749. The van der Waals surface area contributed by atoms with Gasteiger partial charge in [-0.25, -0.2) is 0 Å². The summed E-state index contributed by atoms with van der Waals surface area (Å²) >= 11 is 3.52. The van der Waals surface area contributed by atoms with E-state index in [0.717, 1.165) is 17.0 Å². The predicted molar refractivity (Wildman–Crippen MR) is 71.7 cm³/mol. The second-order valence-corrected chi connectivity index (χ2v) is 5.28. The Balaban J connectivity index is 2.18. The molecular weight excluding hydrogens is 264 g/mol. The molecular formula is C14H19BrO. The summed E-state index contributed by atoms with van der Waals surface area (Å²) < 4.78 is 5.29. The van der Waals surface area contributed by atoms with Crippen molar-refractivity contribution < 1.29 is 4.74 Å². The van der Waals surface area contributed by atoms with Gasteiger partial charge in [-0.15, -0.1) is 0 Å². The topological polar surface area (TPSA) is 9.23 Å². The molecule has 1 nitrogen and oxygen atoms in total. The van der Waals surface area contributed by atoms with Crippen molar-refractivity contribution in [3.05, 3.63) is 29.3 Å². The lowest BCUT2D eigenvalue weighted by Crippen LogP contribution is -2.10. The molecule has 2 rings (SSSR count). The highest BCUT2D eigenvalue weighted by Gasteiger charge is 2.19. The van der Waals surface area contributed by atoms with Gasteiger partial charge in [0.1, 0.15) is 5.75 Å². The van der Waals surface area contributed by atoms with Gasteiger partial charge in [0.15, 0.2) is 0 Å². The van der Waals surface area contributed by atoms with Gasteiger partial charge >= 0.3 is 0 Å². The molecule has 1 aliphatic carbocycles. The minimum absolute atomic E-state index is 0.771. The van der Waals surface area contributed by atoms with E-state index in [9.17, 15) is 0 Å². The summed E-state index contributed by atoms with van der Waals surface area (Å²) in [7, 11) is 1.74. The zero-order valence-corrected chi connectivity index (χ0v) is 11.4. The van der Waals surface area contributed by atoms with Crippen molar-refractivity contribution in [1.29, 1.82) is 0 Å². The highest BCUT2D eigenvalue weighted by atomic mass is 79.9. The normalized spacial score (nSPS) is 19.2. The van der Waals surface area contributed by atoms with Crippen LogP contribution in [0.4, 0.5) is 0 Å². The van der Waals surface area contributed by atoms with Crippen molar-refractivity contribution in [2.24, 2.45) is 0 Å². The third-order valence-corrected chi connectivity index (χ3v) is 4.04. The largest absolute Gasteiger partial charge is 0.497 e. The van der Waals surface area contributed by atoms with Crippen LogP contribution in [0.5, 0.6) is 5.75 Å². The summed E-state index contributed by atoms with van der Waals surface area (Å²) in [6.07, 6.45) is 6.48. The summed E-state index contributed by atoms with van der Waals surface area (Å²) in [6.45, 7) is 0. The maximum Gasteiger partial charge on any atom is 0.119 e. The van der Waals surface area contributed by atoms with E-state index in [1.54, 1.807) is 12.7 Å². The summed E-state index contributed by atoms with van der Waals surface area (Å²) in [5.74, 6) is 1.77. The zero-order valence-electron chi connectivity index (χ0n) is 9.84. The Morgan fingerprint density at radius 2 is 2.31 bits per heavy atom. The van der Waals surface area contributed by atoms with Crippen molar-refractivity contribution in [2.75, 3.05) is 12.4 Å². The van der Waals surface area contributed by atoms with Crippen LogP contribution in [0.15, 0.2) is 18.2 Å². The Labute approximate surface area is 106 Å². The van der Waals surface area contributed by atoms with Crippen molar-refractivity contribution in [2.45, 2.75) is 38.0 Å². The van der Waals surface area contributed by atoms with Crippen LogP contribution >= 0.6 is 15.9 Å². The summed E-state index contributed by atoms with van der Waals surface area (Å²) in [6, 6.07) is 6.59. The Morgan fingerprint density at radius 1 is 1.44 bits per heavy atom. The molecule has 16 heavy (non-hydrogen) atoms. The molecule has 0 heterocycles. The average Bonchev–Trinajstić information content (AvgIpc) is 2.35. The molecule has 1 aromatic carbocycles. The molecule has 0 aliphatic heterocycles. The Hall–Kier alpha value is -0.500. The first kappa shape index (κ1) is 12.0. The van der Waals surface area contributed by atoms with Gasteiger partial charge in [0, 0.05) is 5.33 Å². The molecule has 0 amide bonds. The molecule has 2 heteroatoms. The number of aryl methyl sites for hydroxylation is 1. The van der Waals surface area contributed by atoms with E-state index in [4.69, 9.17) is 4.74 Å². The van der Waals surface area contributed by atoms with Crippen molar-refractivity contribution >= 4 is 15.9 Å². The van der Waals surface area contributed by atoms with E-state index in [0.29, 0.717) is 0 Å². The number of hydrogen-bond donors (Lipinski definition) is 0. The lowest BCUT2D eigenvalue weighted by molar-refractivity contribution is 0.412. The van der Waals surface area contributed by atoms with Gasteiger partial charge < -0.3 is 4.74 Å². The van der Waals surface area contributed by atoms with Gasteiger partial charge in [0.05, 0.1) is 7.11 Å². The number of alkyl halides is 1. The molecule has 0 aromatic heterocycles. The van der Waals surface area contributed by atoms with Crippen LogP contribution in [0, 0.1) is 0 Å². The van der Waals surface area contributed by atoms with Crippen LogP contribution < -0.4 is 4.74 Å². The molecule has 0 spiro atoms. The second-order valence-electron chi connectivity index (χ2n) is 4.49. The van der Waals surface area contributed by atoms with Gasteiger partial charge in [-0.2, -0.15) is 0 Å². The molecule has 1 aliphatic rings. The fourth-order valence-electron chi connectivity index (χ4n) is 2.64. The van der Waals surface area contributed by atoms with Crippen LogP contribution in [0.2, 0.25) is 0 Å². The third kappa shape index (κ3) is 2.60. The van der Waals surface area contributed by atoms with Crippen molar-refractivity contribution in [1.82, 2.24) is 0 Å². The fourth-order valence-corrected chi connectivity index (χ4v) is 2.97. The first-order valence-electron chi connectivity index (χ1n) is 6.08. The number of hydrogen-bond acceptors (Lipinski definition) is 1. The summed E-state index contributed by atoms with van der Waals surface area (Å²) in [5, 5.41) is 1.12. The van der Waals surface area contributed by atoms with Crippen LogP contribution in [0.3, 0.4) is 0 Å². The van der Waals surface area contributed by atoms with Crippen LogP contribution in [-0.2, 0) is 6.42 Å².